The minimum Gasteiger partial charge on any atom is -0.357 e. The fourth-order valence-corrected chi connectivity index (χ4v) is 1.04. The van der Waals surface area contributed by atoms with Gasteiger partial charge in [-0.3, -0.25) is 4.79 Å². The van der Waals surface area contributed by atoms with E-state index in [2.05, 4.69) is 0 Å². The fraction of sp³-hybridized carbons (Fsp3) is 0.833. The molecule has 54 valence electrons. The number of ether oxygens (including phenoxy) is 1. The molecule has 10 heavy (non-hydrogen) atoms. The molecule has 1 aliphatic heterocycles. The second kappa shape index (κ2) is 3.06. The molecule has 1 saturated heterocycles. The van der Waals surface area contributed by atoms with Crippen LogP contribution in [0.1, 0.15) is 6.92 Å². The molecule has 0 spiro atoms. The van der Waals surface area contributed by atoms with Crippen LogP contribution < -0.4 is 0 Å². The van der Waals surface area contributed by atoms with E-state index in [0.29, 0.717) is 13.2 Å². The molecule has 0 saturated carbocycles. The third-order valence-corrected chi connectivity index (χ3v) is 1.63. The number of amides is 1. The van der Waals surface area contributed by atoms with E-state index in [4.69, 9.17) is 12.6 Å². The first-order valence-corrected chi connectivity index (χ1v) is 3.37. The summed E-state index contributed by atoms with van der Waals surface area (Å²) in [6.45, 7) is 3.16. The predicted octanol–water partition coefficient (Wildman–Crippen LogP) is -0.222. The van der Waals surface area contributed by atoms with Gasteiger partial charge in [-0.25, -0.2) is 0 Å². The van der Waals surface area contributed by atoms with Gasteiger partial charge in [-0.1, -0.05) is 0 Å². The van der Waals surface area contributed by atoms with Gasteiger partial charge in [-0.15, -0.1) is 0 Å². The Morgan fingerprint density at radius 3 is 3.00 bits per heavy atom. The van der Waals surface area contributed by atoms with Crippen LogP contribution in [0.5, 0.6) is 0 Å². The Labute approximate surface area is 61.7 Å². The van der Waals surface area contributed by atoms with Gasteiger partial charge in [-0.2, -0.15) is 0 Å². The molecule has 3 nitrogen and oxygen atoms in total. The van der Waals surface area contributed by atoms with Gasteiger partial charge in [-0.05, 0) is 13.2 Å². The van der Waals surface area contributed by atoms with Crippen molar-refractivity contribution in [1.29, 1.82) is 0 Å². The molecule has 4 heteroatoms. The zero-order chi connectivity index (χ0) is 7.56. The fourth-order valence-electron chi connectivity index (χ4n) is 1.04. The minimum atomic E-state index is -0.0870. The lowest BCUT2D eigenvalue weighted by Crippen LogP contribution is -2.33. The second-order valence-corrected chi connectivity index (χ2v) is 2.26. The van der Waals surface area contributed by atoms with Crippen molar-refractivity contribution in [2.75, 3.05) is 13.2 Å². The Balaban J connectivity index is 2.46. The normalized spacial score (nSPS) is 25.3. The maximum absolute atomic E-state index is 10.9. The summed E-state index contributed by atoms with van der Waals surface area (Å²) in [6.07, 6.45) is -0.00991. The summed E-state index contributed by atoms with van der Waals surface area (Å²) in [7, 11) is 5.17. The minimum absolute atomic E-state index is 0.0370. The van der Waals surface area contributed by atoms with Crippen molar-refractivity contribution >= 4 is 13.8 Å². The van der Waals surface area contributed by atoms with Crippen LogP contribution in [0.15, 0.2) is 0 Å². The van der Waals surface area contributed by atoms with Crippen LogP contribution in [-0.2, 0) is 9.53 Å². The molecule has 0 N–H and O–H groups in total. The highest BCUT2D eigenvalue weighted by atomic mass is 16.5. The number of rotatable bonds is 1. The Kier molecular flexibility index (Phi) is 2.32. The van der Waals surface area contributed by atoms with Crippen molar-refractivity contribution in [3.05, 3.63) is 0 Å². The van der Waals surface area contributed by atoms with E-state index < -0.39 is 0 Å². The first-order chi connectivity index (χ1) is 4.75. The van der Waals surface area contributed by atoms with Gasteiger partial charge >= 0.3 is 0 Å². The van der Waals surface area contributed by atoms with E-state index in [-0.39, 0.29) is 18.5 Å². The second-order valence-electron chi connectivity index (χ2n) is 2.26. The van der Waals surface area contributed by atoms with E-state index in [0.717, 1.165) is 0 Å². The average Bonchev–Trinajstić information content (AvgIpc) is 2.34. The molecule has 2 radical (unpaired) electrons. The van der Waals surface area contributed by atoms with E-state index in [1.54, 1.807) is 4.90 Å². The lowest BCUT2D eigenvalue weighted by Gasteiger charge is -2.18. The van der Waals surface area contributed by atoms with Crippen molar-refractivity contribution in [3.63, 3.8) is 0 Å². The summed E-state index contributed by atoms with van der Waals surface area (Å²) in [5, 5.41) is 0. The Bertz CT molecular complexity index is 140. The molecule has 1 rings (SSSR count). The van der Waals surface area contributed by atoms with Crippen molar-refractivity contribution in [3.8, 4) is 0 Å². The number of carbonyl (C=O) groups is 1. The predicted molar refractivity (Wildman–Crippen MR) is 37.7 cm³/mol. The lowest BCUT2D eigenvalue weighted by molar-refractivity contribution is -0.132. The molecular weight excluding hydrogens is 129 g/mol. The molecule has 0 aromatic carbocycles. The average molecular weight is 139 g/mol. The molecule has 1 unspecified atom stereocenters. The van der Waals surface area contributed by atoms with Crippen LogP contribution in [0.25, 0.3) is 0 Å². The zero-order valence-corrected chi connectivity index (χ0v) is 6.04. The van der Waals surface area contributed by atoms with Crippen LogP contribution in [-0.4, -0.2) is 38.0 Å². The number of hydrogen-bond acceptors (Lipinski definition) is 2. The topological polar surface area (TPSA) is 29.5 Å². The first-order valence-electron chi connectivity index (χ1n) is 3.37. The summed E-state index contributed by atoms with van der Waals surface area (Å²) in [6, 6.07) is 0. The monoisotopic (exact) mass is 139 g/mol. The SMILES string of the molecule is [B]CC(=O)N1CCOC1C. The van der Waals surface area contributed by atoms with Crippen molar-refractivity contribution in [2.24, 2.45) is 0 Å². The number of hydrogen-bond donors (Lipinski definition) is 0. The molecule has 1 heterocycles. The zero-order valence-electron chi connectivity index (χ0n) is 6.04. The van der Waals surface area contributed by atoms with Gasteiger partial charge in [0.05, 0.1) is 14.5 Å². The summed E-state index contributed by atoms with van der Waals surface area (Å²) in [5.74, 6) is -0.0370. The smallest absolute Gasteiger partial charge is 0.215 e. The standard InChI is InChI=1S/C6H10BNO2/c1-5-8(2-3-10-5)6(9)4-7/h5H,2-4H2,1H3. The molecule has 0 aromatic rings. The van der Waals surface area contributed by atoms with Gasteiger partial charge in [0.25, 0.3) is 0 Å². The van der Waals surface area contributed by atoms with Gasteiger partial charge in [0.2, 0.25) is 5.91 Å². The van der Waals surface area contributed by atoms with E-state index in [9.17, 15) is 4.79 Å². The number of nitrogens with zero attached hydrogens (tertiary/aromatic N) is 1. The quantitative estimate of drug-likeness (QED) is 0.470. The van der Waals surface area contributed by atoms with E-state index in [1.807, 2.05) is 6.92 Å². The van der Waals surface area contributed by atoms with E-state index in [1.165, 1.54) is 0 Å². The highest BCUT2D eigenvalue weighted by Gasteiger charge is 2.23. The summed E-state index contributed by atoms with van der Waals surface area (Å²) >= 11 is 0. The van der Waals surface area contributed by atoms with Gasteiger partial charge < -0.3 is 9.64 Å². The molecule has 0 aliphatic carbocycles. The van der Waals surface area contributed by atoms with Crippen molar-refractivity contribution < 1.29 is 9.53 Å². The molecule has 1 amide bonds. The van der Waals surface area contributed by atoms with Gasteiger partial charge in [0.1, 0.15) is 6.23 Å². The van der Waals surface area contributed by atoms with Gasteiger partial charge in [0, 0.05) is 6.54 Å². The Morgan fingerprint density at radius 1 is 1.90 bits per heavy atom. The van der Waals surface area contributed by atoms with Crippen LogP contribution >= 0.6 is 0 Å². The molecule has 0 aromatic heterocycles. The molecule has 1 atom stereocenters. The maximum atomic E-state index is 10.9. The van der Waals surface area contributed by atoms with Crippen molar-refractivity contribution in [1.82, 2.24) is 4.90 Å². The molecule has 0 bridgehead atoms. The number of carbonyl (C=O) groups excluding carboxylic acids is 1. The summed E-state index contributed by atoms with van der Waals surface area (Å²) in [5.41, 5.74) is 0. The van der Waals surface area contributed by atoms with E-state index >= 15 is 0 Å². The van der Waals surface area contributed by atoms with Crippen LogP contribution in [0, 0.1) is 0 Å². The Hall–Kier alpha value is -0.505. The molecular formula is C6H10BNO2. The molecule has 1 aliphatic rings. The van der Waals surface area contributed by atoms with Crippen LogP contribution in [0.4, 0.5) is 0 Å². The summed E-state index contributed by atoms with van der Waals surface area (Å²) in [4.78, 5) is 12.6. The van der Waals surface area contributed by atoms with Crippen LogP contribution in [0.2, 0.25) is 6.32 Å². The molecule has 1 fully saturated rings. The van der Waals surface area contributed by atoms with Gasteiger partial charge in [0.15, 0.2) is 0 Å². The third kappa shape index (κ3) is 1.32. The highest BCUT2D eigenvalue weighted by Crippen LogP contribution is 2.09. The van der Waals surface area contributed by atoms with Crippen molar-refractivity contribution in [2.45, 2.75) is 19.5 Å². The summed E-state index contributed by atoms with van der Waals surface area (Å²) < 4.78 is 5.14. The largest absolute Gasteiger partial charge is 0.357 e. The Morgan fingerprint density at radius 2 is 2.60 bits per heavy atom. The third-order valence-electron chi connectivity index (χ3n) is 1.63. The highest BCUT2D eigenvalue weighted by molar-refractivity contribution is 6.19. The van der Waals surface area contributed by atoms with Crippen LogP contribution in [0.3, 0.4) is 0 Å². The maximum Gasteiger partial charge on any atom is 0.215 e. The lowest BCUT2D eigenvalue weighted by atomic mass is 10.0. The first kappa shape index (κ1) is 7.60.